The highest BCUT2D eigenvalue weighted by molar-refractivity contribution is 7.25. The minimum atomic E-state index is -0.621. The van der Waals surface area contributed by atoms with Crippen LogP contribution in [-0.2, 0) is 0 Å². The second-order valence-corrected chi connectivity index (χ2v) is 6.45. The van der Waals surface area contributed by atoms with Gasteiger partial charge in [0.05, 0.1) is 15.8 Å². The molecule has 0 aliphatic rings. The lowest BCUT2D eigenvalue weighted by molar-refractivity contribution is 0.0994. The van der Waals surface area contributed by atoms with Gasteiger partial charge in [0.25, 0.3) is 5.91 Å². The average molecular weight is 329 g/mol. The summed E-state index contributed by atoms with van der Waals surface area (Å²) in [6.45, 7) is 0. The van der Waals surface area contributed by atoms with E-state index in [0.29, 0.717) is 4.80 Å². The molecule has 0 N–H and O–H groups in total. The number of hydrogen-bond acceptors (Lipinski definition) is 4. The molecule has 0 bridgehead atoms. The van der Waals surface area contributed by atoms with Gasteiger partial charge in [-0.25, -0.2) is 8.18 Å². The number of halogens is 1. The Labute approximate surface area is 132 Å². The van der Waals surface area contributed by atoms with Gasteiger partial charge < -0.3 is 0 Å². The second kappa shape index (κ2) is 5.11. The molecule has 0 spiro atoms. The Balaban J connectivity index is 1.84. The molecule has 0 fully saturated rings. The standard InChI is InChI=1S/C15H8FN3OS2/c16-10-6-2-1-5-9(10)13(20)17-14-18-15-19(22-14)11-7-3-4-8-12(11)21-15/h1-8H. The van der Waals surface area contributed by atoms with Crippen LogP contribution in [0.3, 0.4) is 0 Å². The number of fused-ring (bicyclic) bond motifs is 3. The quantitative estimate of drug-likeness (QED) is 0.537. The zero-order chi connectivity index (χ0) is 15.1. The van der Waals surface area contributed by atoms with Crippen molar-refractivity contribution < 1.29 is 9.18 Å². The lowest BCUT2D eigenvalue weighted by Crippen LogP contribution is -2.06. The van der Waals surface area contributed by atoms with E-state index in [4.69, 9.17) is 0 Å². The molecule has 0 saturated heterocycles. The summed E-state index contributed by atoms with van der Waals surface area (Å²) in [6, 6.07) is 13.7. The van der Waals surface area contributed by atoms with Crippen molar-refractivity contribution in [1.82, 2.24) is 8.77 Å². The fourth-order valence-electron chi connectivity index (χ4n) is 2.12. The van der Waals surface area contributed by atoms with Gasteiger partial charge in [-0.2, -0.15) is 9.98 Å². The topological polar surface area (TPSA) is 46.7 Å². The number of amides is 1. The van der Waals surface area contributed by atoms with Crippen LogP contribution in [0.1, 0.15) is 10.4 Å². The first kappa shape index (κ1) is 13.3. The molecular weight excluding hydrogens is 321 g/mol. The van der Waals surface area contributed by atoms with E-state index in [1.54, 1.807) is 6.07 Å². The first-order chi connectivity index (χ1) is 10.7. The van der Waals surface area contributed by atoms with Crippen LogP contribution < -0.4 is 4.80 Å². The normalized spacial score (nSPS) is 12.3. The van der Waals surface area contributed by atoms with E-state index in [9.17, 15) is 9.18 Å². The van der Waals surface area contributed by atoms with E-state index in [0.717, 1.165) is 15.2 Å². The number of para-hydroxylation sites is 1. The first-order valence-corrected chi connectivity index (χ1v) is 8.02. The molecule has 2 aromatic carbocycles. The summed E-state index contributed by atoms with van der Waals surface area (Å²) in [5.41, 5.74) is 0.982. The molecule has 108 valence electrons. The Morgan fingerprint density at radius 1 is 1.14 bits per heavy atom. The van der Waals surface area contributed by atoms with Gasteiger partial charge >= 0.3 is 0 Å². The van der Waals surface area contributed by atoms with Crippen LogP contribution in [0, 0.1) is 5.82 Å². The average Bonchev–Trinajstić information content (AvgIpc) is 3.04. The Bertz CT molecular complexity index is 1080. The van der Waals surface area contributed by atoms with Crippen molar-refractivity contribution in [3.8, 4) is 0 Å². The maximum Gasteiger partial charge on any atom is 0.282 e. The molecule has 2 aromatic heterocycles. The summed E-state index contributed by atoms with van der Waals surface area (Å²) in [5.74, 6) is -1.20. The summed E-state index contributed by atoms with van der Waals surface area (Å²) in [5, 5.41) is 0. The summed E-state index contributed by atoms with van der Waals surface area (Å²) in [6.07, 6.45) is 0. The van der Waals surface area contributed by atoms with Crippen LogP contribution in [0.15, 0.2) is 53.5 Å². The second-order valence-electron chi connectivity index (χ2n) is 4.53. The van der Waals surface area contributed by atoms with Crippen molar-refractivity contribution in [3.63, 3.8) is 0 Å². The molecule has 0 unspecified atom stereocenters. The number of thiazole rings is 1. The highest BCUT2D eigenvalue weighted by Gasteiger charge is 2.11. The van der Waals surface area contributed by atoms with Crippen LogP contribution in [0.2, 0.25) is 0 Å². The molecule has 4 nitrogen and oxygen atoms in total. The van der Waals surface area contributed by atoms with Gasteiger partial charge in [-0.05, 0) is 35.8 Å². The van der Waals surface area contributed by atoms with E-state index in [-0.39, 0.29) is 5.56 Å². The lowest BCUT2D eigenvalue weighted by Gasteiger charge is -1.94. The molecule has 2 heterocycles. The highest BCUT2D eigenvalue weighted by Crippen LogP contribution is 2.25. The number of nitrogens with zero attached hydrogens (tertiary/aromatic N) is 3. The van der Waals surface area contributed by atoms with Gasteiger partial charge in [-0.1, -0.05) is 35.6 Å². The summed E-state index contributed by atoms with van der Waals surface area (Å²) >= 11 is 2.79. The number of aromatic nitrogens is 2. The van der Waals surface area contributed by atoms with Gasteiger partial charge in [0.15, 0.2) is 0 Å². The third kappa shape index (κ3) is 2.15. The van der Waals surface area contributed by atoms with Crippen LogP contribution >= 0.6 is 22.9 Å². The van der Waals surface area contributed by atoms with Crippen LogP contribution in [-0.4, -0.2) is 14.7 Å². The summed E-state index contributed by atoms with van der Waals surface area (Å²) < 4.78 is 16.6. The SMILES string of the molecule is O=C(N=c1nc2sc3ccccc3n2s1)c1ccccc1F. The third-order valence-electron chi connectivity index (χ3n) is 3.12. The van der Waals surface area contributed by atoms with Crippen molar-refractivity contribution in [2.24, 2.45) is 4.99 Å². The molecule has 1 amide bonds. The summed E-state index contributed by atoms with van der Waals surface area (Å²) in [4.78, 5) is 21.4. The lowest BCUT2D eigenvalue weighted by atomic mass is 10.2. The number of benzene rings is 2. The fraction of sp³-hybridized carbons (Fsp3) is 0. The largest absolute Gasteiger partial charge is 0.282 e. The van der Waals surface area contributed by atoms with E-state index >= 15 is 0 Å². The maximum atomic E-state index is 13.6. The number of carbonyl (C=O) groups excluding carboxylic acids is 1. The molecule has 4 rings (SSSR count). The summed E-state index contributed by atoms with van der Waals surface area (Å²) in [7, 11) is 0. The van der Waals surface area contributed by atoms with Crippen LogP contribution in [0.25, 0.3) is 15.2 Å². The van der Waals surface area contributed by atoms with Gasteiger partial charge in [-0.15, -0.1) is 0 Å². The predicted molar refractivity (Wildman–Crippen MR) is 84.7 cm³/mol. The van der Waals surface area contributed by atoms with Crippen LogP contribution in [0.5, 0.6) is 0 Å². The molecule has 22 heavy (non-hydrogen) atoms. The van der Waals surface area contributed by atoms with E-state index in [2.05, 4.69) is 9.98 Å². The molecular formula is C15H8FN3OS2. The van der Waals surface area contributed by atoms with E-state index in [1.165, 1.54) is 41.1 Å². The maximum absolute atomic E-state index is 13.6. The molecule has 0 radical (unpaired) electrons. The monoisotopic (exact) mass is 329 g/mol. The van der Waals surface area contributed by atoms with E-state index in [1.807, 2.05) is 28.1 Å². The zero-order valence-electron chi connectivity index (χ0n) is 11.1. The predicted octanol–water partition coefficient (Wildman–Crippen LogP) is 3.49. The van der Waals surface area contributed by atoms with Crippen molar-refractivity contribution in [2.75, 3.05) is 0 Å². The Morgan fingerprint density at radius 2 is 1.91 bits per heavy atom. The first-order valence-electron chi connectivity index (χ1n) is 6.43. The fourth-order valence-corrected chi connectivity index (χ4v) is 4.17. The van der Waals surface area contributed by atoms with Gasteiger partial charge in [-0.3, -0.25) is 4.79 Å². The molecule has 4 aromatic rings. The minimum Gasteiger partial charge on any atom is -0.267 e. The number of hydrogen-bond donors (Lipinski definition) is 0. The molecule has 0 atom stereocenters. The van der Waals surface area contributed by atoms with E-state index < -0.39 is 11.7 Å². The zero-order valence-corrected chi connectivity index (χ0v) is 12.7. The third-order valence-corrected chi connectivity index (χ3v) is 5.16. The van der Waals surface area contributed by atoms with Gasteiger partial charge in [0, 0.05) is 0 Å². The molecule has 0 aliphatic carbocycles. The van der Waals surface area contributed by atoms with Gasteiger partial charge in [0.2, 0.25) is 9.76 Å². The van der Waals surface area contributed by atoms with Crippen molar-refractivity contribution in [3.05, 3.63) is 64.7 Å². The smallest absolute Gasteiger partial charge is 0.267 e. The Kier molecular flexibility index (Phi) is 3.09. The van der Waals surface area contributed by atoms with Gasteiger partial charge in [0.1, 0.15) is 5.82 Å². The van der Waals surface area contributed by atoms with Crippen LogP contribution in [0.4, 0.5) is 4.39 Å². The Morgan fingerprint density at radius 3 is 2.77 bits per heavy atom. The molecule has 7 heteroatoms. The van der Waals surface area contributed by atoms with Crippen molar-refractivity contribution >= 4 is 44.0 Å². The molecule has 0 saturated carbocycles. The highest BCUT2D eigenvalue weighted by atomic mass is 32.1. The molecule has 0 aliphatic heterocycles. The van der Waals surface area contributed by atoms with Crippen molar-refractivity contribution in [1.29, 1.82) is 0 Å². The minimum absolute atomic E-state index is 0.0455. The Hall–Kier alpha value is -2.38. The number of rotatable bonds is 1. The van der Waals surface area contributed by atoms with Crippen molar-refractivity contribution in [2.45, 2.75) is 0 Å². The number of carbonyl (C=O) groups is 1.